The van der Waals surface area contributed by atoms with Crippen LogP contribution in [0.25, 0.3) is 54.6 Å². The number of benzene rings is 10. The second-order valence-corrected chi connectivity index (χ2v) is 30.7. The minimum Gasteiger partial charge on any atom is -0.504 e. The molecular formula is C60H54N2O10Si2. The van der Waals surface area contributed by atoms with E-state index in [2.05, 4.69) is 134 Å². The predicted octanol–water partition coefficient (Wildman–Crippen LogP) is 13.6. The molecule has 372 valence electrons. The van der Waals surface area contributed by atoms with Crippen LogP contribution in [-0.4, -0.2) is 67.2 Å². The molecule has 0 heterocycles. The summed E-state index contributed by atoms with van der Waals surface area (Å²) < 4.78 is 0. The number of hydrogen-bond donors (Lipinski definition) is 10. The summed E-state index contributed by atoms with van der Waals surface area (Å²) in [7, 11) is -3.41. The highest BCUT2D eigenvalue weighted by molar-refractivity contribution is 6.89. The minimum atomic E-state index is -1.71. The molecule has 10 aromatic carbocycles. The maximum absolute atomic E-state index is 10.9. The third-order valence-electron chi connectivity index (χ3n) is 13.9. The molecule has 0 aromatic heterocycles. The summed E-state index contributed by atoms with van der Waals surface area (Å²) in [6, 6.07) is 51.9. The number of hydrogen-bond acceptors (Lipinski definition) is 12. The summed E-state index contributed by atoms with van der Waals surface area (Å²) in [4.78, 5) is 4.32. The van der Waals surface area contributed by atoms with Gasteiger partial charge in [0.2, 0.25) is 34.5 Å². The van der Waals surface area contributed by atoms with E-state index in [0.29, 0.717) is 0 Å². The van der Waals surface area contributed by atoms with Gasteiger partial charge < -0.3 is 60.9 Å². The summed E-state index contributed by atoms with van der Waals surface area (Å²) >= 11 is 0. The van der Waals surface area contributed by atoms with Crippen molar-refractivity contribution < 1.29 is 51.1 Å². The molecule has 0 atom stereocenters. The topological polar surface area (TPSA) is 209 Å². The van der Waals surface area contributed by atoms with E-state index >= 15 is 0 Å². The molecule has 0 saturated carbocycles. The first-order valence-corrected chi connectivity index (χ1v) is 30.9. The summed E-state index contributed by atoms with van der Waals surface area (Å²) in [5.74, 6) is -9.04. The second kappa shape index (κ2) is 17.9. The lowest BCUT2D eigenvalue weighted by Gasteiger charge is -2.30. The molecule has 10 N–H and O–H groups in total. The number of anilines is 6. The Morgan fingerprint density at radius 2 is 0.514 bits per heavy atom. The maximum atomic E-state index is 10.9. The molecular weight excluding hydrogens is 965 g/mol. The van der Waals surface area contributed by atoms with E-state index < -0.39 is 73.6 Å². The van der Waals surface area contributed by atoms with Crippen LogP contribution in [-0.2, 0) is 0 Å². The van der Waals surface area contributed by atoms with Crippen LogP contribution in [0.1, 0.15) is 0 Å². The highest BCUT2D eigenvalue weighted by Crippen LogP contribution is 2.57. The maximum Gasteiger partial charge on any atom is 0.208 e. The zero-order chi connectivity index (χ0) is 52.7. The van der Waals surface area contributed by atoms with E-state index in [1.807, 2.05) is 48.5 Å². The number of phenolic OH excluding ortho intramolecular Hbond substituents is 10. The van der Waals surface area contributed by atoms with Crippen molar-refractivity contribution in [1.29, 1.82) is 0 Å². The van der Waals surface area contributed by atoms with Crippen LogP contribution in [0.15, 0.2) is 158 Å². The van der Waals surface area contributed by atoms with Gasteiger partial charge in [-0.1, -0.05) is 147 Å². The molecule has 12 nitrogen and oxygen atoms in total. The third-order valence-corrected chi connectivity index (χ3v) is 18.0. The number of nitrogens with zero attached hydrogens (tertiary/aromatic N) is 2. The Balaban J connectivity index is 1.20. The van der Waals surface area contributed by atoms with Crippen molar-refractivity contribution in [2.75, 3.05) is 9.80 Å². The molecule has 10 rings (SSSR count). The molecule has 10 aromatic rings. The fraction of sp³-hybridized carbons (Fsp3) is 0.100. The van der Waals surface area contributed by atoms with Crippen LogP contribution < -0.4 is 20.2 Å². The molecule has 74 heavy (non-hydrogen) atoms. The zero-order valence-corrected chi connectivity index (χ0v) is 43.4. The van der Waals surface area contributed by atoms with Crippen molar-refractivity contribution in [2.24, 2.45) is 0 Å². The van der Waals surface area contributed by atoms with Crippen LogP contribution in [0.5, 0.6) is 57.5 Å². The molecule has 0 aliphatic carbocycles. The van der Waals surface area contributed by atoms with Gasteiger partial charge in [0.25, 0.3) is 0 Å². The van der Waals surface area contributed by atoms with Crippen LogP contribution in [0.3, 0.4) is 0 Å². The molecule has 0 radical (unpaired) electrons. The van der Waals surface area contributed by atoms with Crippen molar-refractivity contribution in [3.8, 4) is 79.7 Å². The molecule has 0 bridgehead atoms. The molecule has 0 unspecified atom stereocenters. The third kappa shape index (κ3) is 8.10. The monoisotopic (exact) mass is 1020 g/mol. The molecule has 0 spiro atoms. The molecule has 14 heteroatoms. The van der Waals surface area contributed by atoms with Crippen molar-refractivity contribution in [3.63, 3.8) is 0 Å². The molecule has 0 aliphatic heterocycles. The van der Waals surface area contributed by atoms with Crippen molar-refractivity contribution in [1.82, 2.24) is 0 Å². The Morgan fingerprint density at radius 3 is 0.784 bits per heavy atom. The Morgan fingerprint density at radius 1 is 0.270 bits per heavy atom. The Labute approximate surface area is 428 Å². The van der Waals surface area contributed by atoms with Gasteiger partial charge in [-0.25, -0.2) is 0 Å². The summed E-state index contributed by atoms with van der Waals surface area (Å²) in [5.41, 5.74) is 4.95. The molecule has 0 fully saturated rings. The van der Waals surface area contributed by atoms with Gasteiger partial charge in [0.05, 0.1) is 38.6 Å². The lowest BCUT2D eigenvalue weighted by Crippen LogP contribution is -2.37. The van der Waals surface area contributed by atoms with Crippen LogP contribution in [0.4, 0.5) is 34.1 Å². The summed E-state index contributed by atoms with van der Waals surface area (Å²) in [6.07, 6.45) is 0. The van der Waals surface area contributed by atoms with Gasteiger partial charge in [0.1, 0.15) is 0 Å². The largest absolute Gasteiger partial charge is 0.504 e. The van der Waals surface area contributed by atoms with Gasteiger partial charge in [-0.3, -0.25) is 0 Å². The number of rotatable bonds is 10. The molecule has 0 amide bonds. The van der Waals surface area contributed by atoms with Crippen LogP contribution >= 0.6 is 0 Å². The quantitative estimate of drug-likeness (QED) is 0.0269. The first kappa shape index (κ1) is 48.6. The van der Waals surface area contributed by atoms with Crippen molar-refractivity contribution in [2.45, 2.75) is 39.3 Å². The van der Waals surface area contributed by atoms with Crippen molar-refractivity contribution >= 4 is 93.0 Å². The molecule has 0 saturated heterocycles. The van der Waals surface area contributed by atoms with E-state index in [-0.39, 0.29) is 22.3 Å². The van der Waals surface area contributed by atoms with E-state index in [0.717, 1.165) is 66.4 Å². The van der Waals surface area contributed by atoms with E-state index in [1.165, 1.54) is 10.4 Å². The highest BCUT2D eigenvalue weighted by Gasteiger charge is 2.28. The number of aromatic hydroxyl groups is 10. The predicted molar refractivity (Wildman–Crippen MR) is 302 cm³/mol. The first-order valence-electron chi connectivity index (χ1n) is 23.9. The first-order chi connectivity index (χ1) is 35.1. The Bertz CT molecular complexity index is 3540. The SMILES string of the molecule is C[Si](C)(C)c1ccc(N(c2ccc(-c3c(O)c(O)c(O)c(O)c3O)cc2)c2cc3c4ccccc4c(N(c4ccc(-c5c(O)c(O)c(O)c(O)c5O)cc4)c4ccc([Si](C)(C)C)cc4)cc3c3ccccc23)cc1. The fourth-order valence-corrected chi connectivity index (χ4v) is 12.2. The van der Waals surface area contributed by atoms with Crippen LogP contribution in [0, 0.1) is 0 Å². The smallest absolute Gasteiger partial charge is 0.208 e. The minimum absolute atomic E-state index is 0.248. The van der Waals surface area contributed by atoms with Crippen molar-refractivity contribution in [3.05, 3.63) is 158 Å². The highest BCUT2D eigenvalue weighted by atomic mass is 28.3. The molecule has 0 aliphatic rings. The van der Waals surface area contributed by atoms with Gasteiger partial charge in [-0.15, -0.1) is 0 Å². The van der Waals surface area contributed by atoms with Gasteiger partial charge >= 0.3 is 0 Å². The average molecular weight is 1020 g/mol. The van der Waals surface area contributed by atoms with E-state index in [4.69, 9.17) is 0 Å². The average Bonchev–Trinajstić information content (AvgIpc) is 3.41. The lowest BCUT2D eigenvalue weighted by molar-refractivity contribution is 0.330. The zero-order valence-electron chi connectivity index (χ0n) is 41.4. The Hall–Kier alpha value is -8.99. The summed E-state index contributed by atoms with van der Waals surface area (Å²) in [5, 5.41) is 114. The number of phenols is 10. The lowest BCUT2D eigenvalue weighted by atomic mass is 9.93. The van der Waals surface area contributed by atoms with Gasteiger partial charge in [-0.05, 0) is 93.3 Å². The normalized spacial score (nSPS) is 11.9. The number of fused-ring (bicyclic) bond motifs is 5. The Kier molecular flexibility index (Phi) is 11.8. The fourth-order valence-electron chi connectivity index (χ4n) is 9.83. The standard InChI is InChI=1S/C60H54N2O10Si2/c1-73(2,3)39-27-23-37(24-28-39)61(35-19-15-33(16-20-35)49-51(63)55(67)59(71)56(68)52(49)64)47-31-45-42-12-8-10-14-44(42)48(32-46(45)41-11-7-9-13-43(41)47)62(38-25-29-40(30-26-38)74(4,5)6)36-21-17-34(18-22-36)50-53(65)57(69)60(72)58(70)54(50)66/h7-32,63-72H,1-6H3. The van der Waals surface area contributed by atoms with E-state index in [1.54, 1.807) is 24.3 Å². The van der Waals surface area contributed by atoms with Gasteiger partial charge in [-0.2, -0.15) is 0 Å². The summed E-state index contributed by atoms with van der Waals surface area (Å²) in [6.45, 7) is 13.8. The van der Waals surface area contributed by atoms with E-state index in [9.17, 15) is 51.1 Å². The van der Waals surface area contributed by atoms with Gasteiger partial charge in [0.15, 0.2) is 23.0 Å². The second-order valence-electron chi connectivity index (χ2n) is 20.6. The van der Waals surface area contributed by atoms with Crippen LogP contribution in [0.2, 0.25) is 39.3 Å². The van der Waals surface area contributed by atoms with Gasteiger partial charge in [0, 0.05) is 33.5 Å².